The molecule has 0 aromatic heterocycles. The molecule has 0 aliphatic rings. The van der Waals surface area contributed by atoms with Gasteiger partial charge < -0.3 is 15.5 Å². The monoisotopic (exact) mass is 217 g/mol. The molecule has 0 spiro atoms. The number of carboxylic acids is 1. The first-order chi connectivity index (χ1) is 6.20. The highest BCUT2D eigenvalue weighted by Crippen LogP contribution is 2.04. The minimum atomic E-state index is -1.36. The van der Waals surface area contributed by atoms with E-state index in [1.807, 2.05) is 18.2 Å². The van der Waals surface area contributed by atoms with Crippen LogP contribution in [0.2, 0.25) is 0 Å². The highest BCUT2D eigenvalue weighted by molar-refractivity contribution is 5.85. The molecule has 1 aromatic rings. The zero-order valence-electron chi connectivity index (χ0n) is 7.38. The van der Waals surface area contributed by atoms with Gasteiger partial charge in [-0.25, -0.2) is 4.79 Å². The van der Waals surface area contributed by atoms with Crippen LogP contribution in [0.4, 0.5) is 5.69 Å². The van der Waals surface area contributed by atoms with Crippen LogP contribution in [0.1, 0.15) is 0 Å². The van der Waals surface area contributed by atoms with Gasteiger partial charge in [0.25, 0.3) is 0 Å². The van der Waals surface area contributed by atoms with E-state index in [2.05, 4.69) is 5.32 Å². The van der Waals surface area contributed by atoms with Crippen molar-refractivity contribution in [3.8, 4) is 0 Å². The van der Waals surface area contributed by atoms with Crippen molar-refractivity contribution >= 4 is 24.1 Å². The highest BCUT2D eigenvalue weighted by Gasteiger charge is 2.11. The lowest BCUT2D eigenvalue weighted by molar-refractivity contribution is -0.145. The van der Waals surface area contributed by atoms with Gasteiger partial charge >= 0.3 is 5.97 Å². The molecule has 0 saturated carbocycles. The number of benzene rings is 1. The summed E-state index contributed by atoms with van der Waals surface area (Å²) < 4.78 is 0. The first kappa shape index (κ1) is 12.7. The summed E-state index contributed by atoms with van der Waals surface area (Å²) in [4.78, 5) is 10.2. The number of hydrogen-bond donors (Lipinski definition) is 3. The Morgan fingerprint density at radius 2 is 1.93 bits per heavy atom. The first-order valence-electron chi connectivity index (χ1n) is 3.90. The SMILES string of the molecule is Cl.O=C(O)C(O)CNc1ccccc1. The molecule has 3 N–H and O–H groups in total. The minimum Gasteiger partial charge on any atom is -0.479 e. The molecule has 14 heavy (non-hydrogen) atoms. The van der Waals surface area contributed by atoms with Crippen molar-refractivity contribution in [3.63, 3.8) is 0 Å². The highest BCUT2D eigenvalue weighted by atomic mass is 35.5. The summed E-state index contributed by atoms with van der Waals surface area (Å²) in [6.45, 7) is 0.0132. The maximum absolute atomic E-state index is 10.2. The Hall–Kier alpha value is -1.26. The van der Waals surface area contributed by atoms with Gasteiger partial charge in [-0.3, -0.25) is 0 Å². The summed E-state index contributed by atoms with van der Waals surface area (Å²) in [7, 11) is 0. The fourth-order valence-electron chi connectivity index (χ4n) is 0.858. The number of nitrogens with one attached hydrogen (secondary N) is 1. The number of carboxylic acid groups (broad SMARTS) is 1. The van der Waals surface area contributed by atoms with E-state index in [-0.39, 0.29) is 19.0 Å². The van der Waals surface area contributed by atoms with E-state index in [9.17, 15) is 4.79 Å². The van der Waals surface area contributed by atoms with Gasteiger partial charge in [0.2, 0.25) is 0 Å². The zero-order valence-corrected chi connectivity index (χ0v) is 8.20. The Morgan fingerprint density at radius 1 is 1.36 bits per heavy atom. The number of para-hydroxylation sites is 1. The van der Waals surface area contributed by atoms with Gasteiger partial charge in [0.15, 0.2) is 6.10 Å². The van der Waals surface area contributed by atoms with Crippen LogP contribution < -0.4 is 5.32 Å². The third-order valence-corrected chi connectivity index (χ3v) is 1.56. The number of anilines is 1. The molecule has 0 heterocycles. The summed E-state index contributed by atoms with van der Waals surface area (Å²) in [6.07, 6.45) is -1.36. The number of carbonyl (C=O) groups is 1. The second-order valence-corrected chi connectivity index (χ2v) is 2.60. The van der Waals surface area contributed by atoms with Crippen LogP contribution in [-0.2, 0) is 4.79 Å². The van der Waals surface area contributed by atoms with E-state index >= 15 is 0 Å². The van der Waals surface area contributed by atoms with E-state index in [4.69, 9.17) is 10.2 Å². The van der Waals surface area contributed by atoms with Crippen molar-refractivity contribution in [2.75, 3.05) is 11.9 Å². The van der Waals surface area contributed by atoms with E-state index in [1.54, 1.807) is 12.1 Å². The van der Waals surface area contributed by atoms with Crippen LogP contribution >= 0.6 is 12.4 Å². The predicted molar refractivity (Wildman–Crippen MR) is 55.8 cm³/mol. The fraction of sp³-hybridized carbons (Fsp3) is 0.222. The topological polar surface area (TPSA) is 69.6 Å². The Labute approximate surface area is 88.0 Å². The second kappa shape index (κ2) is 6.23. The zero-order chi connectivity index (χ0) is 9.68. The Kier molecular flexibility index (Phi) is 5.67. The molecule has 1 rings (SSSR count). The molecule has 0 saturated heterocycles. The van der Waals surface area contributed by atoms with Crippen LogP contribution in [0.3, 0.4) is 0 Å². The quantitative estimate of drug-likeness (QED) is 0.703. The third kappa shape index (κ3) is 4.11. The number of aliphatic carboxylic acids is 1. The molecule has 0 amide bonds. The van der Waals surface area contributed by atoms with Crippen molar-refractivity contribution in [2.45, 2.75) is 6.10 Å². The average Bonchev–Trinajstić information content (AvgIpc) is 2.15. The van der Waals surface area contributed by atoms with Gasteiger partial charge in [-0.1, -0.05) is 18.2 Å². The lowest BCUT2D eigenvalue weighted by Gasteiger charge is -2.08. The molecule has 0 aliphatic heterocycles. The lowest BCUT2D eigenvalue weighted by atomic mass is 10.3. The normalized spacial score (nSPS) is 11.2. The molecule has 5 heteroatoms. The molecule has 78 valence electrons. The van der Waals surface area contributed by atoms with Crippen LogP contribution in [0.5, 0.6) is 0 Å². The summed E-state index contributed by atoms with van der Waals surface area (Å²) in [5, 5.41) is 20.1. The van der Waals surface area contributed by atoms with Crippen molar-refractivity contribution < 1.29 is 15.0 Å². The molecular formula is C9H12ClNO3. The van der Waals surface area contributed by atoms with Gasteiger partial charge in [-0.2, -0.15) is 0 Å². The van der Waals surface area contributed by atoms with Crippen LogP contribution in [0.25, 0.3) is 0 Å². The van der Waals surface area contributed by atoms with Gasteiger partial charge in [0, 0.05) is 5.69 Å². The number of aliphatic hydroxyl groups is 1. The van der Waals surface area contributed by atoms with Crippen LogP contribution in [0.15, 0.2) is 30.3 Å². The standard InChI is InChI=1S/C9H11NO3.ClH/c11-8(9(12)13)6-10-7-4-2-1-3-5-7;/h1-5,8,10-11H,6H2,(H,12,13);1H. The van der Waals surface area contributed by atoms with E-state index in [1.165, 1.54) is 0 Å². The lowest BCUT2D eigenvalue weighted by Crippen LogP contribution is -2.28. The van der Waals surface area contributed by atoms with E-state index in [0.717, 1.165) is 5.69 Å². The van der Waals surface area contributed by atoms with Gasteiger partial charge in [-0.15, -0.1) is 12.4 Å². The number of rotatable bonds is 4. The largest absolute Gasteiger partial charge is 0.479 e. The molecule has 0 aliphatic carbocycles. The Bertz CT molecular complexity index is 279. The second-order valence-electron chi connectivity index (χ2n) is 2.60. The molecule has 0 radical (unpaired) electrons. The average molecular weight is 218 g/mol. The van der Waals surface area contributed by atoms with Gasteiger partial charge in [-0.05, 0) is 12.1 Å². The van der Waals surface area contributed by atoms with Crippen LogP contribution in [-0.4, -0.2) is 28.8 Å². The summed E-state index contributed by atoms with van der Waals surface area (Å²) in [6, 6.07) is 9.12. The van der Waals surface area contributed by atoms with E-state index < -0.39 is 12.1 Å². The number of hydrogen-bond acceptors (Lipinski definition) is 3. The molecule has 1 unspecified atom stereocenters. The van der Waals surface area contributed by atoms with Crippen molar-refractivity contribution in [1.82, 2.24) is 0 Å². The molecular weight excluding hydrogens is 206 g/mol. The smallest absolute Gasteiger partial charge is 0.334 e. The Morgan fingerprint density at radius 3 is 2.43 bits per heavy atom. The minimum absolute atomic E-state index is 0. The fourth-order valence-corrected chi connectivity index (χ4v) is 0.858. The number of halogens is 1. The molecule has 0 bridgehead atoms. The van der Waals surface area contributed by atoms with Crippen molar-refractivity contribution in [3.05, 3.63) is 30.3 Å². The maximum atomic E-state index is 10.2. The van der Waals surface area contributed by atoms with Crippen molar-refractivity contribution in [2.24, 2.45) is 0 Å². The molecule has 4 nitrogen and oxygen atoms in total. The summed E-state index contributed by atoms with van der Waals surface area (Å²) in [5.41, 5.74) is 0.794. The van der Waals surface area contributed by atoms with Gasteiger partial charge in [0.05, 0.1) is 6.54 Å². The predicted octanol–water partition coefficient (Wildman–Crippen LogP) is 0.966. The van der Waals surface area contributed by atoms with Gasteiger partial charge in [0.1, 0.15) is 0 Å². The maximum Gasteiger partial charge on any atom is 0.334 e. The summed E-state index contributed by atoms with van der Waals surface area (Å²) >= 11 is 0. The Balaban J connectivity index is 0.00000169. The van der Waals surface area contributed by atoms with Crippen LogP contribution in [0, 0.1) is 0 Å². The van der Waals surface area contributed by atoms with Crippen molar-refractivity contribution in [1.29, 1.82) is 0 Å². The first-order valence-corrected chi connectivity index (χ1v) is 3.90. The molecule has 1 aromatic carbocycles. The molecule has 1 atom stereocenters. The van der Waals surface area contributed by atoms with E-state index in [0.29, 0.717) is 0 Å². The number of aliphatic hydroxyl groups excluding tert-OH is 1. The molecule has 0 fully saturated rings. The third-order valence-electron chi connectivity index (χ3n) is 1.56. The summed E-state index contributed by atoms with van der Waals surface area (Å²) in [5.74, 6) is -1.22.